The van der Waals surface area contributed by atoms with E-state index in [-0.39, 0.29) is 29.9 Å². The van der Waals surface area contributed by atoms with Gasteiger partial charge in [-0.05, 0) is 93.1 Å². The number of carbonyl (C=O) groups is 2. The van der Waals surface area contributed by atoms with Crippen LogP contribution in [0.4, 0.5) is 4.39 Å². The summed E-state index contributed by atoms with van der Waals surface area (Å²) in [6.45, 7) is 0.710. The molecule has 5 saturated carbocycles. The van der Waals surface area contributed by atoms with Gasteiger partial charge in [0.2, 0.25) is 0 Å². The monoisotopic (exact) mass is 457 g/mol. The van der Waals surface area contributed by atoms with Gasteiger partial charge >= 0.3 is 5.97 Å². The van der Waals surface area contributed by atoms with Gasteiger partial charge in [-0.1, -0.05) is 0 Å². The Morgan fingerprint density at radius 2 is 1.70 bits per heavy atom. The van der Waals surface area contributed by atoms with E-state index in [1.54, 1.807) is 6.07 Å². The zero-order valence-electron chi connectivity index (χ0n) is 18.8. The smallest absolute Gasteiger partial charge is 0.329 e. The summed E-state index contributed by atoms with van der Waals surface area (Å²) in [5.41, 5.74) is 0.941. The molecule has 5 aliphatic carbocycles. The first-order valence-electron chi connectivity index (χ1n) is 12.5. The Labute approximate surface area is 193 Å². The molecule has 178 valence electrons. The molecule has 0 spiro atoms. The third-order valence-electron chi connectivity index (χ3n) is 8.93. The first-order chi connectivity index (χ1) is 15.8. The number of hydrogen-bond donors (Lipinski definition) is 2. The van der Waals surface area contributed by atoms with Gasteiger partial charge in [-0.2, -0.15) is 0 Å². The molecule has 1 heterocycles. The minimum absolute atomic E-state index is 0.0967. The largest absolute Gasteiger partial charge is 0.493 e. The zero-order valence-corrected chi connectivity index (χ0v) is 18.8. The van der Waals surface area contributed by atoms with Crippen LogP contribution < -0.4 is 4.74 Å². The second kappa shape index (κ2) is 7.69. The molecule has 1 aromatic carbocycles. The lowest BCUT2D eigenvalue weighted by Gasteiger charge is -2.56. The van der Waals surface area contributed by atoms with Gasteiger partial charge in [-0.3, -0.25) is 4.79 Å². The first-order valence-corrected chi connectivity index (χ1v) is 12.5. The number of hydrogen-bond acceptors (Lipinski definition) is 4. The summed E-state index contributed by atoms with van der Waals surface area (Å²) in [6, 6.07) is 1.57. The highest BCUT2D eigenvalue weighted by Crippen LogP contribution is 2.60. The molecule has 1 aliphatic heterocycles. The minimum Gasteiger partial charge on any atom is -0.493 e. The molecular formula is C26H32FNO5. The highest BCUT2D eigenvalue weighted by Gasteiger charge is 2.51. The van der Waals surface area contributed by atoms with Crippen molar-refractivity contribution in [3.8, 4) is 5.75 Å². The summed E-state index contributed by atoms with van der Waals surface area (Å²) in [4.78, 5) is 25.7. The molecule has 33 heavy (non-hydrogen) atoms. The average Bonchev–Trinajstić information content (AvgIpc) is 3.51. The molecule has 6 fully saturated rings. The normalized spacial score (nSPS) is 36.9. The number of likely N-dealkylation sites (tertiary alicyclic amines) is 1. The maximum Gasteiger partial charge on any atom is 0.329 e. The van der Waals surface area contributed by atoms with E-state index >= 15 is 4.39 Å². The number of amides is 1. The van der Waals surface area contributed by atoms with Crippen molar-refractivity contribution >= 4 is 11.9 Å². The number of rotatable bonds is 6. The first kappa shape index (κ1) is 21.4. The predicted octanol–water partition coefficient (Wildman–Crippen LogP) is 3.96. The van der Waals surface area contributed by atoms with E-state index in [9.17, 15) is 19.8 Å². The third-order valence-corrected chi connectivity index (χ3v) is 8.93. The van der Waals surface area contributed by atoms with Crippen LogP contribution in [0.15, 0.2) is 12.1 Å². The van der Waals surface area contributed by atoms with Crippen molar-refractivity contribution < 1.29 is 28.9 Å². The van der Waals surface area contributed by atoms with Crippen LogP contribution in [0.2, 0.25) is 0 Å². The number of carboxylic acids is 1. The second-order valence-corrected chi connectivity index (χ2v) is 11.5. The van der Waals surface area contributed by atoms with Crippen molar-refractivity contribution in [1.82, 2.24) is 4.90 Å². The molecule has 1 saturated heterocycles. The second-order valence-electron chi connectivity index (χ2n) is 11.5. The number of aliphatic hydroxyl groups excluding tert-OH is 1. The molecule has 2 unspecified atom stereocenters. The van der Waals surface area contributed by atoms with Crippen molar-refractivity contribution in [3.63, 3.8) is 0 Å². The van der Waals surface area contributed by atoms with E-state index in [1.807, 2.05) is 0 Å². The maximum absolute atomic E-state index is 15.2. The summed E-state index contributed by atoms with van der Waals surface area (Å²) >= 11 is 0. The Hall–Kier alpha value is -2.15. The van der Waals surface area contributed by atoms with Crippen LogP contribution >= 0.6 is 0 Å². The summed E-state index contributed by atoms with van der Waals surface area (Å²) in [6.07, 6.45) is 8.72. The summed E-state index contributed by atoms with van der Waals surface area (Å²) in [5, 5.41) is 19.4. The van der Waals surface area contributed by atoms with Crippen LogP contribution in [0.5, 0.6) is 5.75 Å². The highest BCUT2D eigenvalue weighted by molar-refractivity contribution is 5.97. The van der Waals surface area contributed by atoms with E-state index in [0.717, 1.165) is 41.1 Å². The molecule has 1 aromatic rings. The topological polar surface area (TPSA) is 87.1 Å². The molecule has 7 heteroatoms. The number of halogens is 1. The molecule has 6 nitrogen and oxygen atoms in total. The molecule has 1 amide bonds. The fraction of sp³-hybridized carbons (Fsp3) is 0.692. The Morgan fingerprint density at radius 1 is 1.06 bits per heavy atom. The zero-order chi connectivity index (χ0) is 22.9. The lowest BCUT2D eigenvalue weighted by molar-refractivity contribution is -0.144. The summed E-state index contributed by atoms with van der Waals surface area (Å²) in [5.74, 6) is 0.613. The van der Waals surface area contributed by atoms with Gasteiger partial charge in [-0.15, -0.1) is 0 Å². The fourth-order valence-electron chi connectivity index (χ4n) is 7.73. The highest BCUT2D eigenvalue weighted by atomic mass is 19.1. The number of ether oxygens (including phenoxy) is 1. The maximum atomic E-state index is 15.2. The van der Waals surface area contributed by atoms with Crippen molar-refractivity contribution in [2.75, 3.05) is 13.2 Å². The van der Waals surface area contributed by atoms with E-state index in [1.165, 1.54) is 44.6 Å². The van der Waals surface area contributed by atoms with Crippen molar-refractivity contribution in [2.24, 2.45) is 23.2 Å². The Morgan fingerprint density at radius 3 is 2.27 bits per heavy atom. The lowest BCUT2D eigenvalue weighted by atomic mass is 9.50. The number of benzene rings is 1. The predicted molar refractivity (Wildman–Crippen MR) is 118 cm³/mol. The Balaban J connectivity index is 1.24. The van der Waals surface area contributed by atoms with Crippen molar-refractivity contribution in [1.29, 1.82) is 0 Å². The lowest BCUT2D eigenvalue weighted by Crippen LogP contribution is -2.48. The average molecular weight is 458 g/mol. The molecule has 6 aliphatic rings. The standard InChI is InChI=1S/C26H32FNO5/c27-20-9-22(33-13-26-10-14-5-15(11-26)7-16(6-14)12-26)18(17-1-2-17)8-19(20)24(30)28-4-3-21(29)23(28)25(31)32/h8-9,14-17,21,23,29H,1-7,10-13H2,(H,31,32). The van der Waals surface area contributed by atoms with Crippen LogP contribution in [0.3, 0.4) is 0 Å². The third kappa shape index (κ3) is 3.72. The van der Waals surface area contributed by atoms with E-state index < -0.39 is 29.8 Å². The number of aliphatic hydroxyl groups is 1. The molecular weight excluding hydrogens is 425 g/mol. The van der Waals surface area contributed by atoms with E-state index in [0.29, 0.717) is 12.4 Å². The molecule has 0 aromatic heterocycles. The molecule has 7 rings (SSSR count). The molecule has 4 bridgehead atoms. The summed E-state index contributed by atoms with van der Waals surface area (Å²) < 4.78 is 21.5. The van der Waals surface area contributed by atoms with Crippen LogP contribution in [-0.2, 0) is 4.79 Å². The van der Waals surface area contributed by atoms with E-state index in [4.69, 9.17) is 4.74 Å². The minimum atomic E-state index is -1.34. The number of aliphatic carboxylic acids is 1. The number of carboxylic acid groups (broad SMARTS) is 1. The Kier molecular flexibility index (Phi) is 4.98. The Bertz CT molecular complexity index is 954. The van der Waals surface area contributed by atoms with Crippen molar-refractivity contribution in [2.45, 2.75) is 75.9 Å². The quantitative estimate of drug-likeness (QED) is 0.675. The van der Waals surface area contributed by atoms with Crippen LogP contribution in [0.25, 0.3) is 0 Å². The van der Waals surface area contributed by atoms with Crippen LogP contribution in [0, 0.1) is 29.0 Å². The van der Waals surface area contributed by atoms with Crippen LogP contribution in [-0.4, -0.2) is 52.3 Å². The van der Waals surface area contributed by atoms with Gasteiger partial charge in [-0.25, -0.2) is 9.18 Å². The molecule has 0 radical (unpaired) electrons. The molecule has 2 N–H and O–H groups in total. The fourth-order valence-corrected chi connectivity index (χ4v) is 7.73. The van der Waals surface area contributed by atoms with Gasteiger partial charge in [0.15, 0.2) is 6.04 Å². The summed E-state index contributed by atoms with van der Waals surface area (Å²) in [7, 11) is 0. The van der Waals surface area contributed by atoms with Crippen molar-refractivity contribution in [3.05, 3.63) is 29.1 Å². The van der Waals surface area contributed by atoms with Crippen LogP contribution in [0.1, 0.15) is 79.6 Å². The van der Waals surface area contributed by atoms with Gasteiger partial charge in [0.05, 0.1) is 18.3 Å². The van der Waals surface area contributed by atoms with Gasteiger partial charge in [0.25, 0.3) is 5.91 Å². The van der Waals surface area contributed by atoms with Gasteiger partial charge < -0.3 is 19.8 Å². The molecule has 2 atom stereocenters. The SMILES string of the molecule is O=C(O)C1C(O)CCN1C(=O)c1cc(C2CC2)c(OCC23CC4CC(CC(C4)C2)C3)cc1F. The number of nitrogens with zero attached hydrogens (tertiary/aromatic N) is 1. The van der Waals surface area contributed by atoms with E-state index in [2.05, 4.69) is 0 Å². The number of carbonyl (C=O) groups excluding carboxylic acids is 1. The van der Waals surface area contributed by atoms with Gasteiger partial charge in [0, 0.05) is 18.0 Å². The van der Waals surface area contributed by atoms with Gasteiger partial charge in [0.1, 0.15) is 11.6 Å².